The predicted molar refractivity (Wildman–Crippen MR) is 80.7 cm³/mol. The Bertz CT molecular complexity index is 721. The largest absolute Gasteiger partial charge is 0.271 e. The normalized spacial score (nSPS) is 14.4. The minimum Gasteiger partial charge on any atom is -0.271 e. The van der Waals surface area contributed by atoms with Crippen LogP contribution in [0, 0.1) is 0 Å². The topological polar surface area (TPSA) is 85.1 Å². The van der Waals surface area contributed by atoms with Crippen molar-refractivity contribution in [3.05, 3.63) is 42.2 Å². The molecule has 0 aliphatic rings. The molecule has 1 aromatic carbocycles. The van der Waals surface area contributed by atoms with E-state index in [9.17, 15) is 8.42 Å². The van der Waals surface area contributed by atoms with Crippen molar-refractivity contribution in [3.8, 4) is 0 Å². The summed E-state index contributed by atoms with van der Waals surface area (Å²) in [6.07, 6.45) is 4.66. The van der Waals surface area contributed by atoms with Gasteiger partial charge in [0, 0.05) is 24.0 Å². The lowest BCUT2D eigenvalue weighted by atomic mass is 9.92. The van der Waals surface area contributed by atoms with Gasteiger partial charge in [0.1, 0.15) is 0 Å². The molecule has 6 heteroatoms. The summed E-state index contributed by atoms with van der Waals surface area (Å²) in [5.74, 6) is 5.65. The molecule has 3 N–H and O–H groups in total. The maximum absolute atomic E-state index is 12.1. The number of nitrogens with one attached hydrogen (secondary N) is 1. The molecule has 2 aromatic rings. The van der Waals surface area contributed by atoms with Crippen molar-refractivity contribution in [1.82, 2.24) is 10.4 Å². The van der Waals surface area contributed by atoms with Gasteiger partial charge < -0.3 is 0 Å². The van der Waals surface area contributed by atoms with E-state index in [1.165, 1.54) is 6.26 Å². The van der Waals surface area contributed by atoms with Crippen LogP contribution in [0.1, 0.15) is 25.5 Å². The van der Waals surface area contributed by atoms with Crippen molar-refractivity contribution < 1.29 is 8.42 Å². The van der Waals surface area contributed by atoms with Gasteiger partial charge in [-0.3, -0.25) is 16.3 Å². The number of hydrazine groups is 1. The van der Waals surface area contributed by atoms with Crippen molar-refractivity contribution in [2.75, 3.05) is 6.26 Å². The van der Waals surface area contributed by atoms with Gasteiger partial charge in [-0.15, -0.1) is 0 Å². The monoisotopic (exact) mass is 293 g/mol. The average Bonchev–Trinajstić information content (AvgIpc) is 2.38. The fraction of sp³-hybridized carbons (Fsp3) is 0.357. The summed E-state index contributed by atoms with van der Waals surface area (Å²) in [6, 6.07) is 7.06. The van der Waals surface area contributed by atoms with Crippen LogP contribution in [0.15, 0.2) is 36.7 Å². The van der Waals surface area contributed by atoms with E-state index >= 15 is 0 Å². The number of hydrogen-bond donors (Lipinski definition) is 2. The van der Waals surface area contributed by atoms with Gasteiger partial charge >= 0.3 is 0 Å². The third-order valence-corrected chi connectivity index (χ3v) is 5.99. The van der Waals surface area contributed by atoms with Gasteiger partial charge in [-0.1, -0.05) is 18.2 Å². The van der Waals surface area contributed by atoms with Gasteiger partial charge in [-0.2, -0.15) is 0 Å². The van der Waals surface area contributed by atoms with E-state index in [1.54, 1.807) is 26.2 Å². The van der Waals surface area contributed by atoms with Crippen LogP contribution < -0.4 is 11.3 Å². The molecule has 0 aliphatic heterocycles. The molecular formula is C14H19N3O2S. The second-order valence-corrected chi connectivity index (χ2v) is 8.02. The van der Waals surface area contributed by atoms with Gasteiger partial charge in [0.25, 0.3) is 0 Å². The van der Waals surface area contributed by atoms with Crippen LogP contribution in [0.5, 0.6) is 0 Å². The van der Waals surface area contributed by atoms with Crippen molar-refractivity contribution >= 4 is 20.6 Å². The third-order valence-electron chi connectivity index (χ3n) is 3.84. The first-order valence-corrected chi connectivity index (χ1v) is 8.16. The van der Waals surface area contributed by atoms with E-state index in [4.69, 9.17) is 5.84 Å². The molecular weight excluding hydrogens is 274 g/mol. The summed E-state index contributed by atoms with van der Waals surface area (Å²) in [4.78, 5) is 4.08. The molecule has 1 unspecified atom stereocenters. The maximum atomic E-state index is 12.1. The Hall–Kier alpha value is -1.50. The summed E-state index contributed by atoms with van der Waals surface area (Å²) >= 11 is 0. The number of aromatic nitrogens is 1. The standard InChI is InChI=1S/C14H19N3O2S/c1-14(2,20(3,18)19)13(17-15)12-6-4-5-10-9-16-8-7-11(10)12/h4-9,13,17H,15H2,1-3H3. The van der Waals surface area contributed by atoms with Crippen LogP contribution in [0.4, 0.5) is 0 Å². The van der Waals surface area contributed by atoms with Gasteiger partial charge in [-0.05, 0) is 30.9 Å². The summed E-state index contributed by atoms with van der Waals surface area (Å²) < 4.78 is 23.1. The molecule has 20 heavy (non-hydrogen) atoms. The SMILES string of the molecule is CC(C)(C(NN)c1cccc2cnccc12)S(C)(=O)=O. The van der Waals surface area contributed by atoms with E-state index < -0.39 is 20.6 Å². The first kappa shape index (κ1) is 14.9. The zero-order valence-corrected chi connectivity index (χ0v) is 12.6. The molecule has 1 heterocycles. The highest BCUT2D eigenvalue weighted by Gasteiger charge is 2.40. The van der Waals surface area contributed by atoms with Crippen molar-refractivity contribution in [2.45, 2.75) is 24.6 Å². The molecule has 0 saturated heterocycles. The third kappa shape index (κ3) is 2.42. The molecule has 0 spiro atoms. The molecule has 0 bridgehead atoms. The lowest BCUT2D eigenvalue weighted by Gasteiger charge is -2.33. The molecule has 0 radical (unpaired) electrons. The predicted octanol–water partition coefficient (Wildman–Crippen LogP) is 1.56. The van der Waals surface area contributed by atoms with Crippen LogP contribution in [0.3, 0.4) is 0 Å². The molecule has 1 aromatic heterocycles. The molecule has 0 aliphatic carbocycles. The van der Waals surface area contributed by atoms with Gasteiger partial charge in [0.2, 0.25) is 0 Å². The Morgan fingerprint density at radius 3 is 2.60 bits per heavy atom. The van der Waals surface area contributed by atoms with Gasteiger partial charge in [-0.25, -0.2) is 8.42 Å². The van der Waals surface area contributed by atoms with E-state index in [-0.39, 0.29) is 0 Å². The number of fused-ring (bicyclic) bond motifs is 1. The fourth-order valence-electron chi connectivity index (χ4n) is 2.28. The summed E-state index contributed by atoms with van der Waals surface area (Å²) in [5, 5.41) is 1.90. The lowest BCUT2D eigenvalue weighted by molar-refractivity contribution is 0.430. The second kappa shape index (κ2) is 5.12. The molecule has 5 nitrogen and oxygen atoms in total. The highest BCUT2D eigenvalue weighted by molar-refractivity contribution is 7.92. The maximum Gasteiger partial charge on any atom is 0.154 e. The van der Waals surface area contributed by atoms with Crippen LogP contribution >= 0.6 is 0 Å². The van der Waals surface area contributed by atoms with Crippen LogP contribution in [-0.2, 0) is 9.84 Å². The Morgan fingerprint density at radius 2 is 2.00 bits per heavy atom. The van der Waals surface area contributed by atoms with E-state index in [1.807, 2.05) is 24.3 Å². The number of nitrogens with two attached hydrogens (primary N) is 1. The van der Waals surface area contributed by atoms with Crippen molar-refractivity contribution in [3.63, 3.8) is 0 Å². The number of pyridine rings is 1. The Kier molecular flexibility index (Phi) is 3.82. The number of sulfone groups is 1. The fourth-order valence-corrected chi connectivity index (χ4v) is 2.90. The first-order chi connectivity index (χ1) is 9.29. The summed E-state index contributed by atoms with van der Waals surface area (Å²) in [6.45, 7) is 3.35. The highest BCUT2D eigenvalue weighted by Crippen LogP contribution is 2.35. The first-order valence-electron chi connectivity index (χ1n) is 6.27. The minimum absolute atomic E-state index is 0.511. The van der Waals surface area contributed by atoms with E-state index in [0.717, 1.165) is 16.3 Å². The zero-order chi connectivity index (χ0) is 15.0. The number of hydrogen-bond acceptors (Lipinski definition) is 5. The number of rotatable bonds is 4. The average molecular weight is 293 g/mol. The summed E-state index contributed by atoms with van der Waals surface area (Å²) in [7, 11) is -3.29. The quantitative estimate of drug-likeness (QED) is 0.660. The van der Waals surface area contributed by atoms with Gasteiger partial charge in [0.05, 0.1) is 10.8 Å². The van der Waals surface area contributed by atoms with Gasteiger partial charge in [0.15, 0.2) is 9.84 Å². The molecule has 0 amide bonds. The van der Waals surface area contributed by atoms with Crippen molar-refractivity contribution in [2.24, 2.45) is 5.84 Å². The minimum atomic E-state index is -3.29. The molecule has 108 valence electrons. The molecule has 1 atom stereocenters. The van der Waals surface area contributed by atoms with Crippen LogP contribution in [0.2, 0.25) is 0 Å². The van der Waals surface area contributed by atoms with E-state index in [0.29, 0.717) is 0 Å². The Balaban J connectivity index is 2.68. The van der Waals surface area contributed by atoms with Crippen LogP contribution in [-0.4, -0.2) is 24.4 Å². The molecule has 0 fully saturated rings. The van der Waals surface area contributed by atoms with Crippen LogP contribution in [0.25, 0.3) is 10.8 Å². The Labute approximate surface area is 119 Å². The lowest BCUT2D eigenvalue weighted by Crippen LogP contribution is -2.47. The molecule has 0 saturated carbocycles. The smallest absolute Gasteiger partial charge is 0.154 e. The van der Waals surface area contributed by atoms with E-state index in [2.05, 4.69) is 10.4 Å². The van der Waals surface area contributed by atoms with Crippen molar-refractivity contribution in [1.29, 1.82) is 0 Å². The zero-order valence-electron chi connectivity index (χ0n) is 11.8. The highest BCUT2D eigenvalue weighted by atomic mass is 32.2. The Morgan fingerprint density at radius 1 is 1.30 bits per heavy atom. The number of nitrogens with zero attached hydrogens (tertiary/aromatic N) is 1. The molecule has 2 rings (SSSR count). The number of benzene rings is 1. The second-order valence-electron chi connectivity index (χ2n) is 5.42. The summed E-state index contributed by atoms with van der Waals surface area (Å²) in [5.41, 5.74) is 3.51.